The van der Waals surface area contributed by atoms with Crippen LogP contribution in [-0.4, -0.2) is 40.4 Å². The third kappa shape index (κ3) is 4.81. The SMILES string of the molecule is CCC(=O)Nc1cccc(C(=O)N2CCCCC2CCC(=O)O)c1. The van der Waals surface area contributed by atoms with E-state index in [9.17, 15) is 14.4 Å². The second-order valence-corrected chi connectivity index (χ2v) is 6.06. The minimum atomic E-state index is -0.836. The summed E-state index contributed by atoms with van der Waals surface area (Å²) in [7, 11) is 0. The first kappa shape index (κ1) is 18.0. The molecule has 1 heterocycles. The molecule has 1 aromatic rings. The average Bonchev–Trinajstić information content (AvgIpc) is 2.59. The van der Waals surface area contributed by atoms with Gasteiger partial charge in [0.15, 0.2) is 0 Å². The van der Waals surface area contributed by atoms with Crippen LogP contribution in [0.1, 0.15) is 55.8 Å². The Morgan fingerprint density at radius 1 is 1.29 bits per heavy atom. The maximum atomic E-state index is 12.8. The topological polar surface area (TPSA) is 86.7 Å². The van der Waals surface area contributed by atoms with Gasteiger partial charge in [-0.15, -0.1) is 0 Å². The van der Waals surface area contributed by atoms with E-state index in [0.717, 1.165) is 19.3 Å². The largest absolute Gasteiger partial charge is 0.481 e. The Morgan fingerprint density at radius 3 is 2.79 bits per heavy atom. The number of nitrogens with zero attached hydrogens (tertiary/aromatic N) is 1. The highest BCUT2D eigenvalue weighted by molar-refractivity contribution is 5.97. The summed E-state index contributed by atoms with van der Waals surface area (Å²) >= 11 is 0. The number of amides is 2. The number of carbonyl (C=O) groups excluding carboxylic acids is 2. The van der Waals surface area contributed by atoms with Gasteiger partial charge in [-0.2, -0.15) is 0 Å². The predicted octanol–water partition coefficient (Wildman–Crippen LogP) is 2.89. The van der Waals surface area contributed by atoms with E-state index in [-0.39, 0.29) is 24.3 Å². The van der Waals surface area contributed by atoms with E-state index in [1.54, 1.807) is 36.1 Å². The van der Waals surface area contributed by atoms with Crippen molar-refractivity contribution in [1.82, 2.24) is 4.90 Å². The lowest BCUT2D eigenvalue weighted by molar-refractivity contribution is -0.137. The van der Waals surface area contributed by atoms with Gasteiger partial charge in [0, 0.05) is 36.7 Å². The molecule has 0 radical (unpaired) electrons. The Morgan fingerprint density at radius 2 is 2.08 bits per heavy atom. The number of rotatable bonds is 6. The number of hydrogen-bond donors (Lipinski definition) is 2. The molecular formula is C18H24N2O4. The zero-order valence-corrected chi connectivity index (χ0v) is 14.0. The van der Waals surface area contributed by atoms with Crippen LogP contribution in [0.2, 0.25) is 0 Å². The summed E-state index contributed by atoms with van der Waals surface area (Å²) in [5, 5.41) is 11.6. The number of carbonyl (C=O) groups is 3. The summed E-state index contributed by atoms with van der Waals surface area (Å²) in [5.74, 6) is -1.04. The van der Waals surface area contributed by atoms with Gasteiger partial charge in [-0.3, -0.25) is 14.4 Å². The van der Waals surface area contributed by atoms with Crippen LogP contribution in [0.3, 0.4) is 0 Å². The van der Waals surface area contributed by atoms with Crippen LogP contribution in [-0.2, 0) is 9.59 Å². The van der Waals surface area contributed by atoms with Crippen molar-refractivity contribution in [3.8, 4) is 0 Å². The molecule has 2 N–H and O–H groups in total. The standard InChI is InChI=1S/C18H24N2O4/c1-2-16(21)19-14-7-5-6-13(12-14)18(24)20-11-4-3-8-15(20)9-10-17(22)23/h5-7,12,15H,2-4,8-11H2,1H3,(H,19,21)(H,22,23). The van der Waals surface area contributed by atoms with Crippen LogP contribution in [0, 0.1) is 0 Å². The lowest BCUT2D eigenvalue weighted by atomic mass is 9.97. The molecule has 2 amide bonds. The molecule has 6 nitrogen and oxygen atoms in total. The Bertz CT molecular complexity index is 615. The summed E-state index contributed by atoms with van der Waals surface area (Å²) in [6, 6.07) is 6.87. The number of likely N-dealkylation sites (tertiary alicyclic amines) is 1. The normalized spacial score (nSPS) is 17.4. The minimum Gasteiger partial charge on any atom is -0.481 e. The van der Waals surface area contributed by atoms with E-state index >= 15 is 0 Å². The summed E-state index contributed by atoms with van der Waals surface area (Å²) in [5.41, 5.74) is 1.12. The summed E-state index contributed by atoms with van der Waals surface area (Å²) in [4.78, 5) is 36.9. The summed E-state index contributed by atoms with van der Waals surface area (Å²) in [6.45, 7) is 2.42. The molecule has 0 bridgehead atoms. The number of anilines is 1. The molecule has 1 fully saturated rings. The molecule has 0 aromatic heterocycles. The van der Waals surface area contributed by atoms with Crippen molar-refractivity contribution in [3.63, 3.8) is 0 Å². The minimum absolute atomic E-state index is 0.0313. The Balaban J connectivity index is 2.11. The number of nitrogens with one attached hydrogen (secondary N) is 1. The summed E-state index contributed by atoms with van der Waals surface area (Å²) < 4.78 is 0. The molecule has 1 aliphatic heterocycles. The third-order valence-corrected chi connectivity index (χ3v) is 4.29. The highest BCUT2D eigenvalue weighted by Crippen LogP contribution is 2.24. The van der Waals surface area contributed by atoms with Crippen molar-refractivity contribution in [2.24, 2.45) is 0 Å². The van der Waals surface area contributed by atoms with E-state index in [0.29, 0.717) is 30.6 Å². The quantitative estimate of drug-likeness (QED) is 0.838. The zero-order chi connectivity index (χ0) is 17.5. The fourth-order valence-corrected chi connectivity index (χ4v) is 3.00. The van der Waals surface area contributed by atoms with Crippen LogP contribution in [0.15, 0.2) is 24.3 Å². The van der Waals surface area contributed by atoms with Crippen molar-refractivity contribution >= 4 is 23.5 Å². The number of aliphatic carboxylic acids is 1. The molecule has 0 saturated carbocycles. The number of carboxylic acid groups (broad SMARTS) is 1. The first-order valence-corrected chi connectivity index (χ1v) is 8.44. The van der Waals surface area contributed by atoms with Gasteiger partial charge in [0.05, 0.1) is 0 Å². The molecule has 6 heteroatoms. The van der Waals surface area contributed by atoms with Crippen LogP contribution >= 0.6 is 0 Å². The molecular weight excluding hydrogens is 308 g/mol. The molecule has 1 saturated heterocycles. The fraction of sp³-hybridized carbons (Fsp3) is 0.500. The maximum absolute atomic E-state index is 12.8. The maximum Gasteiger partial charge on any atom is 0.303 e. The molecule has 0 spiro atoms. The lowest BCUT2D eigenvalue weighted by Crippen LogP contribution is -2.44. The molecule has 1 atom stereocenters. The Kier molecular flexibility index (Phi) is 6.35. The van der Waals surface area contributed by atoms with E-state index in [2.05, 4.69) is 5.32 Å². The van der Waals surface area contributed by atoms with Crippen LogP contribution in [0.25, 0.3) is 0 Å². The predicted molar refractivity (Wildman–Crippen MR) is 90.9 cm³/mol. The van der Waals surface area contributed by atoms with Gasteiger partial charge in [0.2, 0.25) is 5.91 Å². The van der Waals surface area contributed by atoms with Crippen LogP contribution < -0.4 is 5.32 Å². The van der Waals surface area contributed by atoms with E-state index in [1.165, 1.54) is 0 Å². The molecule has 1 unspecified atom stereocenters. The molecule has 2 rings (SSSR count). The first-order valence-electron chi connectivity index (χ1n) is 8.44. The smallest absolute Gasteiger partial charge is 0.303 e. The van der Waals surface area contributed by atoms with E-state index in [4.69, 9.17) is 5.11 Å². The van der Waals surface area contributed by atoms with Crippen LogP contribution in [0.4, 0.5) is 5.69 Å². The lowest BCUT2D eigenvalue weighted by Gasteiger charge is -2.35. The van der Waals surface area contributed by atoms with Gasteiger partial charge in [-0.05, 0) is 43.9 Å². The number of hydrogen-bond acceptors (Lipinski definition) is 3. The molecule has 0 aliphatic carbocycles. The van der Waals surface area contributed by atoms with Crippen molar-refractivity contribution in [2.75, 3.05) is 11.9 Å². The third-order valence-electron chi connectivity index (χ3n) is 4.29. The van der Waals surface area contributed by atoms with Crippen molar-refractivity contribution in [2.45, 2.75) is 51.5 Å². The number of piperidine rings is 1. The molecule has 24 heavy (non-hydrogen) atoms. The number of carboxylic acids is 1. The highest BCUT2D eigenvalue weighted by atomic mass is 16.4. The van der Waals surface area contributed by atoms with Gasteiger partial charge < -0.3 is 15.3 Å². The van der Waals surface area contributed by atoms with E-state index in [1.807, 2.05) is 0 Å². The van der Waals surface area contributed by atoms with Crippen molar-refractivity contribution in [1.29, 1.82) is 0 Å². The van der Waals surface area contributed by atoms with Gasteiger partial charge in [-0.25, -0.2) is 0 Å². The molecule has 1 aliphatic rings. The van der Waals surface area contributed by atoms with Gasteiger partial charge in [-0.1, -0.05) is 13.0 Å². The Hall–Kier alpha value is -2.37. The van der Waals surface area contributed by atoms with Crippen molar-refractivity contribution in [3.05, 3.63) is 29.8 Å². The average molecular weight is 332 g/mol. The van der Waals surface area contributed by atoms with Gasteiger partial charge in [0.25, 0.3) is 5.91 Å². The zero-order valence-electron chi connectivity index (χ0n) is 14.0. The monoisotopic (exact) mass is 332 g/mol. The van der Waals surface area contributed by atoms with Gasteiger partial charge >= 0.3 is 5.97 Å². The highest BCUT2D eigenvalue weighted by Gasteiger charge is 2.27. The van der Waals surface area contributed by atoms with Crippen molar-refractivity contribution < 1.29 is 19.5 Å². The Labute approximate surface area is 141 Å². The number of benzene rings is 1. The van der Waals surface area contributed by atoms with E-state index < -0.39 is 5.97 Å². The molecule has 1 aromatic carbocycles. The second kappa shape index (κ2) is 8.47. The van der Waals surface area contributed by atoms with Gasteiger partial charge in [0.1, 0.15) is 0 Å². The second-order valence-electron chi connectivity index (χ2n) is 6.06. The molecule has 130 valence electrons. The van der Waals surface area contributed by atoms with Crippen LogP contribution in [0.5, 0.6) is 0 Å². The summed E-state index contributed by atoms with van der Waals surface area (Å²) in [6.07, 6.45) is 3.71. The fourth-order valence-electron chi connectivity index (χ4n) is 3.00. The first-order chi connectivity index (χ1) is 11.5.